The third-order valence-electron chi connectivity index (χ3n) is 7.34. The first-order chi connectivity index (χ1) is 11.7. The minimum Gasteiger partial charge on any atom is -0.343 e. The molecular formula is C20H32N2O2. The van der Waals surface area contributed by atoms with Crippen molar-refractivity contribution in [1.82, 2.24) is 9.80 Å². The van der Waals surface area contributed by atoms with Crippen molar-refractivity contribution < 1.29 is 9.59 Å². The molecule has 0 radical (unpaired) electrons. The van der Waals surface area contributed by atoms with Crippen LogP contribution in [0.3, 0.4) is 0 Å². The lowest BCUT2D eigenvalue weighted by atomic mass is 9.62. The summed E-state index contributed by atoms with van der Waals surface area (Å²) < 4.78 is 0. The molecule has 2 heterocycles. The molecule has 4 heteroatoms. The maximum Gasteiger partial charge on any atom is 0.225 e. The molecule has 24 heavy (non-hydrogen) atoms. The van der Waals surface area contributed by atoms with Crippen LogP contribution < -0.4 is 0 Å². The van der Waals surface area contributed by atoms with Gasteiger partial charge in [0.25, 0.3) is 0 Å². The largest absolute Gasteiger partial charge is 0.343 e. The van der Waals surface area contributed by atoms with Crippen LogP contribution in [0.2, 0.25) is 0 Å². The predicted octanol–water partition coefficient (Wildman–Crippen LogP) is 3.21. The summed E-state index contributed by atoms with van der Waals surface area (Å²) in [6.07, 6.45) is 12.5. The second kappa shape index (κ2) is 6.68. The van der Waals surface area contributed by atoms with E-state index in [9.17, 15) is 9.59 Å². The van der Waals surface area contributed by atoms with Gasteiger partial charge < -0.3 is 9.80 Å². The number of nitrogens with zero attached hydrogens (tertiary/aromatic N) is 2. The SMILES string of the molecule is O=C(CCC1CN(C(=O)C2CCCC2)CC12CCC2)N1CCCC1. The average molecular weight is 332 g/mol. The van der Waals surface area contributed by atoms with E-state index < -0.39 is 0 Å². The molecule has 1 spiro atoms. The van der Waals surface area contributed by atoms with Crippen LogP contribution in [0.4, 0.5) is 0 Å². The Morgan fingerprint density at radius 1 is 0.917 bits per heavy atom. The molecule has 0 aromatic carbocycles. The van der Waals surface area contributed by atoms with E-state index in [-0.39, 0.29) is 0 Å². The zero-order valence-corrected chi connectivity index (χ0v) is 15.0. The molecule has 0 aromatic heterocycles. The number of hydrogen-bond donors (Lipinski definition) is 0. The van der Waals surface area contributed by atoms with Crippen LogP contribution in [0.15, 0.2) is 0 Å². The lowest BCUT2D eigenvalue weighted by Gasteiger charge is -2.43. The summed E-state index contributed by atoms with van der Waals surface area (Å²) in [5.74, 6) is 1.63. The highest BCUT2D eigenvalue weighted by Crippen LogP contribution is 2.53. The van der Waals surface area contributed by atoms with Gasteiger partial charge in [0.15, 0.2) is 0 Å². The van der Waals surface area contributed by atoms with Gasteiger partial charge in [-0.3, -0.25) is 9.59 Å². The highest BCUT2D eigenvalue weighted by molar-refractivity contribution is 5.79. The molecule has 134 valence electrons. The quantitative estimate of drug-likeness (QED) is 0.793. The Kier molecular flexibility index (Phi) is 4.57. The van der Waals surface area contributed by atoms with E-state index in [2.05, 4.69) is 4.90 Å². The van der Waals surface area contributed by atoms with E-state index in [4.69, 9.17) is 0 Å². The summed E-state index contributed by atoms with van der Waals surface area (Å²) in [5, 5.41) is 0. The summed E-state index contributed by atoms with van der Waals surface area (Å²) in [7, 11) is 0. The van der Waals surface area contributed by atoms with E-state index in [0.29, 0.717) is 35.5 Å². The van der Waals surface area contributed by atoms with Gasteiger partial charge in [-0.25, -0.2) is 0 Å². The zero-order valence-electron chi connectivity index (χ0n) is 15.0. The maximum atomic E-state index is 12.8. The Balaban J connectivity index is 1.35. The Hall–Kier alpha value is -1.06. The molecule has 2 saturated heterocycles. The van der Waals surface area contributed by atoms with Crippen molar-refractivity contribution in [2.75, 3.05) is 26.2 Å². The molecule has 1 unspecified atom stereocenters. The van der Waals surface area contributed by atoms with Crippen LogP contribution in [-0.4, -0.2) is 47.8 Å². The second-order valence-electron chi connectivity index (χ2n) is 8.74. The van der Waals surface area contributed by atoms with Gasteiger partial charge in [0, 0.05) is 38.5 Å². The minimum absolute atomic E-state index is 0.298. The predicted molar refractivity (Wildman–Crippen MR) is 93.4 cm³/mol. The van der Waals surface area contributed by atoms with Gasteiger partial charge >= 0.3 is 0 Å². The van der Waals surface area contributed by atoms with Crippen molar-refractivity contribution in [3.63, 3.8) is 0 Å². The molecule has 1 atom stereocenters. The molecule has 0 bridgehead atoms. The van der Waals surface area contributed by atoms with Crippen molar-refractivity contribution >= 4 is 11.8 Å². The summed E-state index contributed by atoms with van der Waals surface area (Å²) in [6.45, 7) is 3.81. The maximum absolute atomic E-state index is 12.8. The molecule has 2 amide bonds. The molecule has 2 aliphatic carbocycles. The lowest BCUT2D eigenvalue weighted by Crippen LogP contribution is -2.39. The van der Waals surface area contributed by atoms with E-state index in [0.717, 1.165) is 45.4 Å². The third kappa shape index (κ3) is 2.97. The third-order valence-corrected chi connectivity index (χ3v) is 7.34. The fourth-order valence-corrected chi connectivity index (χ4v) is 5.65. The summed E-state index contributed by atoms with van der Waals surface area (Å²) in [5.41, 5.74) is 0.361. The molecule has 2 aliphatic heterocycles. The molecule has 2 saturated carbocycles. The standard InChI is InChI=1S/C20H32N2O2/c23-18(21-12-3-4-13-21)9-8-17-14-22(15-20(17)10-5-11-20)19(24)16-6-1-2-7-16/h16-17H,1-15H2. The van der Waals surface area contributed by atoms with Crippen LogP contribution in [-0.2, 0) is 9.59 Å². The second-order valence-corrected chi connectivity index (χ2v) is 8.74. The number of amides is 2. The molecule has 4 fully saturated rings. The number of carbonyl (C=O) groups excluding carboxylic acids is 2. The fraction of sp³-hybridized carbons (Fsp3) is 0.900. The summed E-state index contributed by atoms with van der Waals surface area (Å²) >= 11 is 0. The van der Waals surface area contributed by atoms with Crippen molar-refractivity contribution in [3.8, 4) is 0 Å². The molecular weight excluding hydrogens is 300 g/mol. The van der Waals surface area contributed by atoms with Crippen LogP contribution in [0.25, 0.3) is 0 Å². The Labute approximate surface area is 145 Å². The fourth-order valence-electron chi connectivity index (χ4n) is 5.65. The van der Waals surface area contributed by atoms with Gasteiger partial charge in [-0.1, -0.05) is 19.3 Å². The molecule has 0 N–H and O–H groups in total. The van der Waals surface area contributed by atoms with Crippen molar-refractivity contribution in [3.05, 3.63) is 0 Å². The van der Waals surface area contributed by atoms with Crippen molar-refractivity contribution in [2.45, 2.75) is 70.6 Å². The van der Waals surface area contributed by atoms with E-state index in [1.807, 2.05) is 4.90 Å². The summed E-state index contributed by atoms with van der Waals surface area (Å²) in [4.78, 5) is 29.4. The van der Waals surface area contributed by atoms with Gasteiger partial charge in [-0.15, -0.1) is 0 Å². The van der Waals surface area contributed by atoms with Crippen LogP contribution in [0.1, 0.15) is 70.6 Å². The first kappa shape index (κ1) is 16.4. The highest BCUT2D eigenvalue weighted by Gasteiger charge is 2.51. The number of likely N-dealkylation sites (tertiary alicyclic amines) is 2. The van der Waals surface area contributed by atoms with Gasteiger partial charge in [-0.2, -0.15) is 0 Å². The first-order valence-electron chi connectivity index (χ1n) is 10.2. The minimum atomic E-state index is 0.298. The smallest absolute Gasteiger partial charge is 0.225 e. The van der Waals surface area contributed by atoms with E-state index >= 15 is 0 Å². The first-order valence-corrected chi connectivity index (χ1v) is 10.2. The summed E-state index contributed by atoms with van der Waals surface area (Å²) in [6, 6.07) is 0. The van der Waals surface area contributed by atoms with E-state index in [1.165, 1.54) is 44.9 Å². The van der Waals surface area contributed by atoms with Gasteiger partial charge in [0.2, 0.25) is 11.8 Å². The molecule has 4 rings (SSSR count). The van der Waals surface area contributed by atoms with Crippen molar-refractivity contribution in [1.29, 1.82) is 0 Å². The van der Waals surface area contributed by atoms with Crippen molar-refractivity contribution in [2.24, 2.45) is 17.3 Å². The Bertz CT molecular complexity index is 488. The molecule has 4 aliphatic rings. The van der Waals surface area contributed by atoms with Gasteiger partial charge in [-0.05, 0) is 56.3 Å². The van der Waals surface area contributed by atoms with E-state index in [1.54, 1.807) is 0 Å². The average Bonchev–Trinajstić information content (AvgIpc) is 3.31. The number of carbonyl (C=O) groups is 2. The topological polar surface area (TPSA) is 40.6 Å². The lowest BCUT2D eigenvalue weighted by molar-refractivity contribution is -0.135. The Morgan fingerprint density at radius 2 is 1.62 bits per heavy atom. The zero-order chi connectivity index (χ0) is 16.6. The highest BCUT2D eigenvalue weighted by atomic mass is 16.2. The van der Waals surface area contributed by atoms with Gasteiger partial charge in [0.1, 0.15) is 0 Å². The normalized spacial score (nSPS) is 29.4. The Morgan fingerprint density at radius 3 is 2.25 bits per heavy atom. The van der Waals surface area contributed by atoms with Crippen LogP contribution in [0.5, 0.6) is 0 Å². The monoisotopic (exact) mass is 332 g/mol. The van der Waals surface area contributed by atoms with Crippen LogP contribution >= 0.6 is 0 Å². The number of rotatable bonds is 4. The van der Waals surface area contributed by atoms with Gasteiger partial charge in [0.05, 0.1) is 0 Å². The molecule has 4 nitrogen and oxygen atoms in total. The number of hydrogen-bond acceptors (Lipinski definition) is 2. The van der Waals surface area contributed by atoms with Crippen LogP contribution in [0, 0.1) is 17.3 Å². The molecule has 0 aromatic rings.